The molecule has 2 atom stereocenters. The average Bonchev–Trinajstić information content (AvgIpc) is 2.98. The molecule has 0 aromatic heterocycles. The number of benzene rings is 1. The number of aliphatic carboxylic acids is 1. The number of allylic oxidation sites excluding steroid dienone is 2. The maximum Gasteiger partial charge on any atom is 0.326 e. The van der Waals surface area contributed by atoms with Gasteiger partial charge in [-0.15, -0.1) is 0 Å². The third-order valence-electron chi connectivity index (χ3n) is 4.40. The molecule has 1 aliphatic carbocycles. The molecule has 0 saturated heterocycles. The van der Waals surface area contributed by atoms with Crippen molar-refractivity contribution in [3.63, 3.8) is 0 Å². The summed E-state index contributed by atoms with van der Waals surface area (Å²) in [6, 6.07) is 7.04. The number of carboxylic acid groups (broad SMARTS) is 1. The molecule has 2 aliphatic rings. The van der Waals surface area contributed by atoms with Crippen molar-refractivity contribution in [3.05, 3.63) is 47.5 Å². The summed E-state index contributed by atoms with van der Waals surface area (Å²) in [5, 5.41) is 9.44. The number of nitrogens with zero attached hydrogens (tertiary/aromatic N) is 1. The number of carboxylic acids is 1. The fourth-order valence-electron chi connectivity index (χ4n) is 3.21. The molecule has 1 heterocycles. The van der Waals surface area contributed by atoms with Crippen LogP contribution in [0.3, 0.4) is 0 Å². The first-order valence-electron chi connectivity index (χ1n) is 7.41. The minimum atomic E-state index is -0.917. The third kappa shape index (κ3) is 2.84. The summed E-state index contributed by atoms with van der Waals surface area (Å²) in [7, 11) is 0. The molecule has 3 rings (SSSR count). The Hall–Kier alpha value is -2.10. The molecule has 0 bridgehead atoms. The largest absolute Gasteiger partial charge is 0.480 e. The molecule has 0 radical (unpaired) electrons. The number of rotatable bonds is 3. The first-order valence-corrected chi connectivity index (χ1v) is 7.41. The van der Waals surface area contributed by atoms with E-state index in [1.807, 2.05) is 24.3 Å². The van der Waals surface area contributed by atoms with E-state index in [0.717, 1.165) is 24.0 Å². The molecule has 0 fully saturated rings. The fourth-order valence-corrected chi connectivity index (χ4v) is 3.21. The standard InChI is InChI=1S/C17H19NO3/c19-16(9-12-5-1-2-6-12)18-11-14-8-4-3-7-13(14)10-15(18)17(20)21/h1,3-5,7-8,12,15H,2,6,9-11H2,(H,20,21)/t12-,15-/m1/s1. The van der Waals surface area contributed by atoms with Crippen LogP contribution in [-0.2, 0) is 22.6 Å². The van der Waals surface area contributed by atoms with Crippen LogP contribution in [0.4, 0.5) is 0 Å². The van der Waals surface area contributed by atoms with Crippen LogP contribution in [0, 0.1) is 5.92 Å². The van der Waals surface area contributed by atoms with E-state index < -0.39 is 12.0 Å². The van der Waals surface area contributed by atoms with Gasteiger partial charge < -0.3 is 10.0 Å². The highest BCUT2D eigenvalue weighted by atomic mass is 16.4. The average molecular weight is 285 g/mol. The summed E-state index contributed by atoms with van der Waals surface area (Å²) in [5.41, 5.74) is 2.10. The predicted molar refractivity (Wildman–Crippen MR) is 78.6 cm³/mol. The van der Waals surface area contributed by atoms with Gasteiger partial charge in [0.1, 0.15) is 6.04 Å². The second-order valence-electron chi connectivity index (χ2n) is 5.82. The highest BCUT2D eigenvalue weighted by Crippen LogP contribution is 2.27. The first kappa shape index (κ1) is 13.9. The first-order chi connectivity index (χ1) is 10.1. The van der Waals surface area contributed by atoms with Crippen molar-refractivity contribution in [1.82, 2.24) is 4.90 Å². The molecule has 21 heavy (non-hydrogen) atoms. The van der Waals surface area contributed by atoms with Crippen molar-refractivity contribution in [2.75, 3.05) is 0 Å². The zero-order chi connectivity index (χ0) is 14.8. The SMILES string of the molecule is O=C(O)[C@H]1Cc2ccccc2CN1C(=O)C[C@@H]1C=CCC1. The normalized spacial score (nSPS) is 23.9. The van der Waals surface area contributed by atoms with Gasteiger partial charge in [0.15, 0.2) is 0 Å². The molecule has 0 saturated carbocycles. The van der Waals surface area contributed by atoms with Gasteiger partial charge in [0, 0.05) is 19.4 Å². The van der Waals surface area contributed by atoms with Gasteiger partial charge in [-0.25, -0.2) is 4.79 Å². The fraction of sp³-hybridized carbons (Fsp3) is 0.412. The van der Waals surface area contributed by atoms with Gasteiger partial charge in [-0.3, -0.25) is 4.79 Å². The summed E-state index contributed by atoms with van der Waals surface area (Å²) in [6.45, 7) is 0.405. The van der Waals surface area contributed by atoms with Crippen molar-refractivity contribution in [1.29, 1.82) is 0 Å². The summed E-state index contributed by atoms with van der Waals surface area (Å²) in [6.07, 6.45) is 7.00. The molecule has 1 aliphatic heterocycles. The second-order valence-corrected chi connectivity index (χ2v) is 5.82. The Morgan fingerprint density at radius 1 is 1.24 bits per heavy atom. The van der Waals surface area contributed by atoms with Crippen molar-refractivity contribution in [2.45, 2.75) is 38.3 Å². The van der Waals surface area contributed by atoms with Crippen molar-refractivity contribution in [2.24, 2.45) is 5.92 Å². The van der Waals surface area contributed by atoms with Crippen LogP contribution < -0.4 is 0 Å². The van der Waals surface area contributed by atoms with Gasteiger partial charge in [-0.05, 0) is 29.9 Å². The lowest BCUT2D eigenvalue weighted by Gasteiger charge is -2.35. The quantitative estimate of drug-likeness (QED) is 0.867. The summed E-state index contributed by atoms with van der Waals surface area (Å²) in [4.78, 5) is 25.6. The van der Waals surface area contributed by atoms with E-state index in [1.165, 1.54) is 4.90 Å². The van der Waals surface area contributed by atoms with Gasteiger partial charge in [0.2, 0.25) is 5.91 Å². The molecular formula is C17H19NO3. The zero-order valence-corrected chi connectivity index (χ0v) is 11.9. The predicted octanol–water partition coefficient (Wildman–Crippen LogP) is 2.38. The van der Waals surface area contributed by atoms with E-state index >= 15 is 0 Å². The van der Waals surface area contributed by atoms with E-state index in [2.05, 4.69) is 12.2 Å². The molecular weight excluding hydrogens is 266 g/mol. The van der Waals surface area contributed by atoms with E-state index in [4.69, 9.17) is 0 Å². The van der Waals surface area contributed by atoms with Gasteiger partial charge >= 0.3 is 5.97 Å². The second kappa shape index (κ2) is 5.72. The molecule has 0 unspecified atom stereocenters. The molecule has 4 nitrogen and oxygen atoms in total. The molecule has 0 spiro atoms. The molecule has 1 N–H and O–H groups in total. The lowest BCUT2D eigenvalue weighted by molar-refractivity contribution is -0.151. The Labute approximate surface area is 124 Å². The van der Waals surface area contributed by atoms with E-state index in [1.54, 1.807) is 0 Å². The van der Waals surface area contributed by atoms with Crippen LogP contribution in [-0.4, -0.2) is 27.9 Å². The molecule has 1 aromatic carbocycles. The van der Waals surface area contributed by atoms with E-state index in [9.17, 15) is 14.7 Å². The monoisotopic (exact) mass is 285 g/mol. The minimum Gasteiger partial charge on any atom is -0.480 e. The Morgan fingerprint density at radius 3 is 2.67 bits per heavy atom. The van der Waals surface area contributed by atoms with Crippen molar-refractivity contribution >= 4 is 11.9 Å². The molecule has 1 amide bonds. The topological polar surface area (TPSA) is 57.6 Å². The van der Waals surface area contributed by atoms with Crippen LogP contribution in [0.1, 0.15) is 30.4 Å². The smallest absolute Gasteiger partial charge is 0.326 e. The number of fused-ring (bicyclic) bond motifs is 1. The number of carbonyl (C=O) groups is 2. The Balaban J connectivity index is 1.80. The summed E-state index contributed by atoms with van der Waals surface area (Å²) in [5.74, 6) is -0.697. The van der Waals surface area contributed by atoms with Gasteiger partial charge in [-0.1, -0.05) is 36.4 Å². The van der Waals surface area contributed by atoms with E-state index in [-0.39, 0.29) is 11.8 Å². The van der Waals surface area contributed by atoms with Crippen molar-refractivity contribution in [3.8, 4) is 0 Å². The highest BCUT2D eigenvalue weighted by Gasteiger charge is 2.34. The highest BCUT2D eigenvalue weighted by molar-refractivity contribution is 5.84. The maximum atomic E-state index is 12.5. The van der Waals surface area contributed by atoms with Crippen LogP contribution >= 0.6 is 0 Å². The summed E-state index contributed by atoms with van der Waals surface area (Å²) < 4.78 is 0. The number of hydrogen-bond acceptors (Lipinski definition) is 2. The molecule has 1 aromatic rings. The molecule has 110 valence electrons. The lowest BCUT2D eigenvalue weighted by Crippen LogP contribution is -2.48. The van der Waals surface area contributed by atoms with Crippen molar-refractivity contribution < 1.29 is 14.7 Å². The van der Waals surface area contributed by atoms with Crippen LogP contribution in [0.15, 0.2) is 36.4 Å². The van der Waals surface area contributed by atoms with Gasteiger partial charge in [0.05, 0.1) is 0 Å². The maximum absolute atomic E-state index is 12.5. The van der Waals surface area contributed by atoms with Crippen LogP contribution in [0.5, 0.6) is 0 Å². The number of hydrogen-bond donors (Lipinski definition) is 1. The Morgan fingerprint density at radius 2 is 2.00 bits per heavy atom. The Bertz CT molecular complexity index is 593. The Kier molecular flexibility index (Phi) is 3.78. The van der Waals surface area contributed by atoms with Crippen LogP contribution in [0.25, 0.3) is 0 Å². The number of carbonyl (C=O) groups excluding carboxylic acids is 1. The van der Waals surface area contributed by atoms with Gasteiger partial charge in [-0.2, -0.15) is 0 Å². The van der Waals surface area contributed by atoms with Gasteiger partial charge in [0.25, 0.3) is 0 Å². The minimum absolute atomic E-state index is 0.0477. The molecule has 4 heteroatoms. The number of amides is 1. The lowest BCUT2D eigenvalue weighted by atomic mass is 9.93. The third-order valence-corrected chi connectivity index (χ3v) is 4.40. The zero-order valence-electron chi connectivity index (χ0n) is 11.9. The van der Waals surface area contributed by atoms with E-state index in [0.29, 0.717) is 19.4 Å². The van der Waals surface area contributed by atoms with Crippen LogP contribution in [0.2, 0.25) is 0 Å². The summed E-state index contributed by atoms with van der Waals surface area (Å²) >= 11 is 0.